The number of carbonyl (C=O) groups is 3. The summed E-state index contributed by atoms with van der Waals surface area (Å²) in [6.45, 7) is 9.62. The molecule has 0 spiro atoms. The predicted octanol–water partition coefficient (Wildman–Crippen LogP) is 2.22. The first-order chi connectivity index (χ1) is 13.2. The Bertz CT molecular complexity index is 629. The Balaban J connectivity index is 2.81. The summed E-state index contributed by atoms with van der Waals surface area (Å²) < 4.78 is 0. The molecule has 1 aromatic rings. The molecule has 0 unspecified atom stereocenters. The van der Waals surface area contributed by atoms with Crippen LogP contribution < -0.4 is 16.0 Å². The van der Waals surface area contributed by atoms with Crippen LogP contribution in [0.2, 0.25) is 0 Å². The van der Waals surface area contributed by atoms with Crippen molar-refractivity contribution in [1.29, 1.82) is 0 Å². The Labute approximate surface area is 168 Å². The average Bonchev–Trinajstić information content (AvgIpc) is 2.63. The Hall–Kier alpha value is -2.21. The van der Waals surface area contributed by atoms with Crippen LogP contribution in [0.15, 0.2) is 30.3 Å². The topological polar surface area (TPSA) is 87.3 Å². The van der Waals surface area contributed by atoms with Crippen LogP contribution in [-0.2, 0) is 20.8 Å². The van der Waals surface area contributed by atoms with E-state index in [0.29, 0.717) is 25.8 Å². The van der Waals surface area contributed by atoms with Crippen molar-refractivity contribution in [3.8, 4) is 0 Å². The van der Waals surface area contributed by atoms with Gasteiger partial charge in [0.25, 0.3) is 0 Å². The summed E-state index contributed by atoms with van der Waals surface area (Å²) in [4.78, 5) is 36.6. The van der Waals surface area contributed by atoms with Crippen molar-refractivity contribution in [3.05, 3.63) is 35.9 Å². The van der Waals surface area contributed by atoms with Gasteiger partial charge in [0.2, 0.25) is 11.8 Å². The molecular formula is C22H35N3O3. The van der Waals surface area contributed by atoms with Gasteiger partial charge in [0, 0.05) is 25.4 Å². The standard InChI is InChI=1S/C22H35N3O3/c1-15(2)21(27)19(12-9-13-23-17(5)26)25-22(28)20(24-16(3)4)14-18-10-7-6-8-11-18/h6-8,10-11,15-16,19-20,24H,9,12-14H2,1-5H3,(H,23,26)(H,25,28)/t19-,20-/m0/s1. The van der Waals surface area contributed by atoms with E-state index >= 15 is 0 Å². The smallest absolute Gasteiger partial charge is 0.238 e. The summed E-state index contributed by atoms with van der Waals surface area (Å²) in [6.07, 6.45) is 1.69. The van der Waals surface area contributed by atoms with Crippen molar-refractivity contribution in [2.45, 2.75) is 72.0 Å². The van der Waals surface area contributed by atoms with E-state index in [1.54, 1.807) is 0 Å². The van der Waals surface area contributed by atoms with E-state index in [1.807, 2.05) is 58.0 Å². The van der Waals surface area contributed by atoms with Gasteiger partial charge in [0.1, 0.15) is 0 Å². The van der Waals surface area contributed by atoms with Gasteiger partial charge in [-0.05, 0) is 24.8 Å². The fourth-order valence-corrected chi connectivity index (χ4v) is 3.01. The first kappa shape index (κ1) is 23.8. The molecule has 0 saturated heterocycles. The zero-order chi connectivity index (χ0) is 21.1. The monoisotopic (exact) mass is 389 g/mol. The number of hydrogen-bond donors (Lipinski definition) is 3. The Morgan fingerprint density at radius 3 is 2.14 bits per heavy atom. The lowest BCUT2D eigenvalue weighted by molar-refractivity contribution is -0.130. The molecule has 0 saturated carbocycles. The number of ketones is 1. The second kappa shape index (κ2) is 12.3. The zero-order valence-corrected chi connectivity index (χ0v) is 17.7. The maximum atomic E-state index is 13.0. The van der Waals surface area contributed by atoms with Crippen LogP contribution in [0.5, 0.6) is 0 Å². The summed E-state index contributed by atoms with van der Waals surface area (Å²) >= 11 is 0. The summed E-state index contributed by atoms with van der Waals surface area (Å²) in [5.41, 5.74) is 1.06. The van der Waals surface area contributed by atoms with E-state index in [2.05, 4.69) is 16.0 Å². The molecule has 1 rings (SSSR count). The molecule has 0 aliphatic rings. The molecule has 156 valence electrons. The molecule has 0 aromatic heterocycles. The molecular weight excluding hydrogens is 354 g/mol. The fourth-order valence-electron chi connectivity index (χ4n) is 3.01. The molecule has 0 fully saturated rings. The van der Waals surface area contributed by atoms with Crippen LogP contribution in [-0.4, -0.2) is 42.3 Å². The lowest BCUT2D eigenvalue weighted by Gasteiger charge is -2.25. The lowest BCUT2D eigenvalue weighted by Crippen LogP contribution is -2.53. The molecule has 0 aliphatic heterocycles. The van der Waals surface area contributed by atoms with E-state index in [9.17, 15) is 14.4 Å². The van der Waals surface area contributed by atoms with Crippen LogP contribution in [0.25, 0.3) is 0 Å². The van der Waals surface area contributed by atoms with Gasteiger partial charge in [-0.15, -0.1) is 0 Å². The quantitative estimate of drug-likeness (QED) is 0.479. The number of nitrogens with one attached hydrogen (secondary N) is 3. The molecule has 0 radical (unpaired) electrons. The van der Waals surface area contributed by atoms with Crippen molar-refractivity contribution in [3.63, 3.8) is 0 Å². The molecule has 1 aromatic carbocycles. The highest BCUT2D eigenvalue weighted by Gasteiger charge is 2.27. The third-order valence-corrected chi connectivity index (χ3v) is 4.41. The highest BCUT2D eigenvalue weighted by atomic mass is 16.2. The van der Waals surface area contributed by atoms with Crippen LogP contribution in [0.4, 0.5) is 0 Å². The lowest BCUT2D eigenvalue weighted by atomic mass is 9.96. The second-order valence-corrected chi connectivity index (χ2v) is 7.81. The molecule has 2 amide bonds. The van der Waals surface area contributed by atoms with Crippen molar-refractivity contribution in [1.82, 2.24) is 16.0 Å². The van der Waals surface area contributed by atoms with Crippen LogP contribution in [0, 0.1) is 5.92 Å². The molecule has 28 heavy (non-hydrogen) atoms. The van der Waals surface area contributed by atoms with Gasteiger partial charge in [-0.2, -0.15) is 0 Å². The number of benzene rings is 1. The second-order valence-electron chi connectivity index (χ2n) is 7.81. The summed E-state index contributed by atoms with van der Waals surface area (Å²) in [7, 11) is 0. The minimum atomic E-state index is -0.548. The Kier molecular flexibility index (Phi) is 10.5. The normalized spacial score (nSPS) is 13.2. The van der Waals surface area contributed by atoms with E-state index < -0.39 is 12.1 Å². The van der Waals surface area contributed by atoms with E-state index in [-0.39, 0.29) is 29.6 Å². The number of hydrogen-bond acceptors (Lipinski definition) is 4. The SMILES string of the molecule is CC(=O)NCCC[C@H](NC(=O)[C@H](Cc1ccccc1)NC(C)C)C(=O)C(C)C. The van der Waals surface area contributed by atoms with Gasteiger partial charge in [-0.1, -0.05) is 58.0 Å². The third-order valence-electron chi connectivity index (χ3n) is 4.41. The van der Waals surface area contributed by atoms with E-state index in [0.717, 1.165) is 5.56 Å². The first-order valence-electron chi connectivity index (χ1n) is 10.1. The first-order valence-corrected chi connectivity index (χ1v) is 10.1. The minimum Gasteiger partial charge on any atom is -0.356 e. The van der Waals surface area contributed by atoms with E-state index in [1.165, 1.54) is 6.92 Å². The summed E-state index contributed by atoms with van der Waals surface area (Å²) in [6, 6.07) is 9.01. The summed E-state index contributed by atoms with van der Waals surface area (Å²) in [5, 5.41) is 8.98. The molecule has 0 bridgehead atoms. The fraction of sp³-hybridized carbons (Fsp3) is 0.591. The predicted molar refractivity (Wildman–Crippen MR) is 112 cm³/mol. The van der Waals surface area contributed by atoms with Crippen molar-refractivity contribution >= 4 is 17.6 Å². The van der Waals surface area contributed by atoms with Gasteiger partial charge in [-0.25, -0.2) is 0 Å². The molecule has 6 nitrogen and oxygen atoms in total. The molecule has 6 heteroatoms. The van der Waals surface area contributed by atoms with Crippen LogP contribution >= 0.6 is 0 Å². The zero-order valence-electron chi connectivity index (χ0n) is 17.7. The molecule has 2 atom stereocenters. The number of amides is 2. The van der Waals surface area contributed by atoms with Gasteiger partial charge >= 0.3 is 0 Å². The molecule has 3 N–H and O–H groups in total. The van der Waals surface area contributed by atoms with Crippen molar-refractivity contribution in [2.24, 2.45) is 5.92 Å². The van der Waals surface area contributed by atoms with Crippen molar-refractivity contribution < 1.29 is 14.4 Å². The molecule has 0 heterocycles. The highest BCUT2D eigenvalue weighted by Crippen LogP contribution is 2.09. The van der Waals surface area contributed by atoms with Crippen LogP contribution in [0.1, 0.15) is 53.0 Å². The maximum Gasteiger partial charge on any atom is 0.238 e. The Morgan fingerprint density at radius 1 is 0.964 bits per heavy atom. The largest absolute Gasteiger partial charge is 0.356 e. The number of rotatable bonds is 12. The number of carbonyl (C=O) groups excluding carboxylic acids is 3. The van der Waals surface area contributed by atoms with Gasteiger partial charge in [0.15, 0.2) is 5.78 Å². The average molecular weight is 390 g/mol. The third kappa shape index (κ3) is 9.13. The maximum absolute atomic E-state index is 13.0. The van der Waals surface area contributed by atoms with Gasteiger partial charge in [0.05, 0.1) is 12.1 Å². The van der Waals surface area contributed by atoms with Gasteiger partial charge < -0.3 is 16.0 Å². The van der Waals surface area contributed by atoms with Crippen LogP contribution in [0.3, 0.4) is 0 Å². The Morgan fingerprint density at radius 2 is 1.61 bits per heavy atom. The van der Waals surface area contributed by atoms with Crippen molar-refractivity contribution in [2.75, 3.05) is 6.54 Å². The van der Waals surface area contributed by atoms with E-state index in [4.69, 9.17) is 0 Å². The van der Waals surface area contributed by atoms with Gasteiger partial charge in [-0.3, -0.25) is 14.4 Å². The summed E-state index contributed by atoms with van der Waals surface area (Å²) in [5.74, 6) is -0.424. The highest BCUT2D eigenvalue weighted by molar-refractivity contribution is 5.91. The minimum absolute atomic E-state index is 0.0131. The number of Topliss-reactive ketones (excluding diaryl/α,β-unsaturated/α-hetero) is 1. The molecule has 0 aliphatic carbocycles.